The van der Waals surface area contributed by atoms with E-state index in [0.717, 1.165) is 22.6 Å². The molecule has 7 nitrogen and oxygen atoms in total. The molecule has 0 spiro atoms. The van der Waals surface area contributed by atoms with Crippen molar-refractivity contribution in [3.05, 3.63) is 114 Å². The molecule has 3 heterocycles. The normalized spacial score (nSPS) is 15.2. The van der Waals surface area contributed by atoms with Crippen molar-refractivity contribution in [3.63, 3.8) is 0 Å². The van der Waals surface area contributed by atoms with Crippen LogP contribution in [-0.4, -0.2) is 27.8 Å². The molecule has 0 bridgehead atoms. The highest BCUT2D eigenvalue weighted by molar-refractivity contribution is 7.07. The predicted molar refractivity (Wildman–Crippen MR) is 163 cm³/mol. The third-order valence-corrected chi connectivity index (χ3v) is 8.13. The molecule has 0 unspecified atom stereocenters. The van der Waals surface area contributed by atoms with E-state index in [-0.39, 0.29) is 18.3 Å². The van der Waals surface area contributed by atoms with Gasteiger partial charge in [-0.15, -0.1) is 0 Å². The van der Waals surface area contributed by atoms with Crippen LogP contribution in [0.4, 0.5) is 0 Å². The molecule has 1 aliphatic rings. The molecule has 1 aliphatic heterocycles. The number of carbonyl (C=O) groups is 1. The molecule has 0 saturated carbocycles. The average Bonchev–Trinajstić information content (AvgIpc) is 3.38. The molecule has 0 aliphatic carbocycles. The summed E-state index contributed by atoms with van der Waals surface area (Å²) in [6.07, 6.45) is 1.83. The van der Waals surface area contributed by atoms with Crippen LogP contribution in [0, 0.1) is 20.8 Å². The second-order valence-corrected chi connectivity index (χ2v) is 11.5. The minimum atomic E-state index is -0.734. The number of allylic oxidation sites excluding steroid dienone is 1. The van der Waals surface area contributed by atoms with Gasteiger partial charge in [0.1, 0.15) is 11.8 Å². The minimum absolute atomic E-state index is 0.0908. The molecule has 0 fully saturated rings. The van der Waals surface area contributed by atoms with Crippen LogP contribution >= 0.6 is 11.3 Å². The first-order valence-electron chi connectivity index (χ1n) is 13.8. The fraction of sp³-hybridized carbons (Fsp3) is 0.303. The summed E-state index contributed by atoms with van der Waals surface area (Å²) in [5, 5.41) is 0. The van der Waals surface area contributed by atoms with E-state index in [1.54, 1.807) is 18.4 Å². The van der Waals surface area contributed by atoms with Crippen molar-refractivity contribution in [3.8, 4) is 11.4 Å². The third kappa shape index (κ3) is 5.32. The lowest BCUT2D eigenvalue weighted by atomic mass is 9.95. The summed E-state index contributed by atoms with van der Waals surface area (Å²) in [4.78, 5) is 32.7. The largest absolute Gasteiger partial charge is 0.491 e. The van der Waals surface area contributed by atoms with E-state index in [4.69, 9.17) is 14.5 Å². The van der Waals surface area contributed by atoms with Gasteiger partial charge in [-0.3, -0.25) is 9.36 Å². The van der Waals surface area contributed by atoms with Gasteiger partial charge in [-0.25, -0.2) is 9.79 Å². The molecular formula is C33H35N3O4S. The van der Waals surface area contributed by atoms with Crippen molar-refractivity contribution in [1.29, 1.82) is 0 Å². The van der Waals surface area contributed by atoms with Gasteiger partial charge < -0.3 is 14.0 Å². The summed E-state index contributed by atoms with van der Waals surface area (Å²) < 4.78 is 15.9. The van der Waals surface area contributed by atoms with Gasteiger partial charge in [0.15, 0.2) is 4.80 Å². The summed E-state index contributed by atoms with van der Waals surface area (Å²) in [6, 6.07) is 17.3. The smallest absolute Gasteiger partial charge is 0.338 e. The number of hydrogen-bond acceptors (Lipinski definition) is 6. The number of para-hydroxylation sites is 1. The number of aromatic nitrogens is 2. The summed E-state index contributed by atoms with van der Waals surface area (Å²) in [7, 11) is 0. The second kappa shape index (κ2) is 11.4. The number of fused-ring (bicyclic) bond motifs is 1. The quantitative estimate of drug-likeness (QED) is 0.283. The van der Waals surface area contributed by atoms with Crippen molar-refractivity contribution < 1.29 is 14.3 Å². The molecule has 0 radical (unpaired) electrons. The Bertz CT molecular complexity index is 1840. The lowest BCUT2D eigenvalue weighted by molar-refractivity contribution is -0.139. The molecule has 5 rings (SSSR count). The van der Waals surface area contributed by atoms with Gasteiger partial charge in [-0.2, -0.15) is 0 Å². The van der Waals surface area contributed by atoms with Gasteiger partial charge in [-0.05, 0) is 84.4 Å². The van der Waals surface area contributed by atoms with Crippen LogP contribution in [0.5, 0.6) is 5.75 Å². The summed E-state index contributed by atoms with van der Waals surface area (Å²) in [6.45, 7) is 13.9. The Labute approximate surface area is 243 Å². The maximum absolute atomic E-state index is 14.1. The lowest BCUT2D eigenvalue weighted by Crippen LogP contribution is -2.40. The third-order valence-electron chi connectivity index (χ3n) is 7.14. The number of nitrogens with zero attached hydrogens (tertiary/aromatic N) is 3. The summed E-state index contributed by atoms with van der Waals surface area (Å²) in [5.74, 6) is 0.120. The zero-order valence-electron chi connectivity index (χ0n) is 24.5. The van der Waals surface area contributed by atoms with Gasteiger partial charge in [0, 0.05) is 22.6 Å². The predicted octanol–water partition coefficient (Wildman–Crippen LogP) is 5.30. The van der Waals surface area contributed by atoms with E-state index in [1.807, 2.05) is 44.2 Å². The molecule has 0 N–H and O–H groups in total. The first-order valence-corrected chi connectivity index (χ1v) is 14.6. The van der Waals surface area contributed by atoms with Crippen molar-refractivity contribution in [2.75, 3.05) is 6.61 Å². The molecule has 1 atom stereocenters. The van der Waals surface area contributed by atoms with Crippen LogP contribution in [0.15, 0.2) is 75.7 Å². The Hall–Kier alpha value is -4.17. The highest BCUT2D eigenvalue weighted by Crippen LogP contribution is 2.36. The maximum atomic E-state index is 14.1. The topological polar surface area (TPSA) is 74.8 Å². The Morgan fingerprint density at radius 3 is 2.46 bits per heavy atom. The molecule has 41 heavy (non-hydrogen) atoms. The van der Waals surface area contributed by atoms with E-state index in [1.165, 1.54) is 16.9 Å². The fourth-order valence-electron chi connectivity index (χ4n) is 5.32. The Balaban J connectivity index is 1.71. The number of aryl methyl sites for hydroxylation is 2. The molecule has 8 heteroatoms. The van der Waals surface area contributed by atoms with Crippen LogP contribution in [-0.2, 0) is 9.53 Å². The van der Waals surface area contributed by atoms with Gasteiger partial charge in [0.05, 0.1) is 28.5 Å². The van der Waals surface area contributed by atoms with Crippen LogP contribution in [0.3, 0.4) is 0 Å². The number of thiazole rings is 1. The molecule has 212 valence electrons. The van der Waals surface area contributed by atoms with E-state index >= 15 is 0 Å². The van der Waals surface area contributed by atoms with Crippen molar-refractivity contribution in [1.82, 2.24) is 9.13 Å². The fourth-order valence-corrected chi connectivity index (χ4v) is 6.36. The Morgan fingerprint density at radius 2 is 1.78 bits per heavy atom. The van der Waals surface area contributed by atoms with Crippen molar-refractivity contribution >= 4 is 23.4 Å². The zero-order chi connectivity index (χ0) is 29.4. The molecule has 2 aromatic carbocycles. The number of ether oxygens (including phenoxy) is 2. The number of hydrogen-bond donors (Lipinski definition) is 0. The number of esters is 1. The molecular weight excluding hydrogens is 534 g/mol. The SMILES string of the molecule is CCOC(=O)C1=C(C)N=c2s/c(=C\c3cc(C)n(-c4ccc(C)cc4)c3C)c(=O)n2[C@H]1c1ccccc1OC(C)C. The summed E-state index contributed by atoms with van der Waals surface area (Å²) >= 11 is 1.32. The van der Waals surface area contributed by atoms with Crippen LogP contribution in [0.25, 0.3) is 11.8 Å². The van der Waals surface area contributed by atoms with E-state index in [2.05, 4.69) is 55.7 Å². The summed E-state index contributed by atoms with van der Waals surface area (Å²) in [5.41, 5.74) is 6.69. The zero-order valence-corrected chi connectivity index (χ0v) is 25.3. The second-order valence-electron chi connectivity index (χ2n) is 10.5. The first kappa shape index (κ1) is 28.4. The highest BCUT2D eigenvalue weighted by atomic mass is 32.1. The first-order chi connectivity index (χ1) is 19.6. The van der Waals surface area contributed by atoms with E-state index in [9.17, 15) is 9.59 Å². The molecule has 2 aromatic heterocycles. The molecule has 0 amide bonds. The monoisotopic (exact) mass is 569 g/mol. The van der Waals surface area contributed by atoms with Crippen LogP contribution < -0.4 is 19.6 Å². The minimum Gasteiger partial charge on any atom is -0.491 e. The van der Waals surface area contributed by atoms with Crippen molar-refractivity contribution in [2.24, 2.45) is 4.99 Å². The average molecular weight is 570 g/mol. The highest BCUT2D eigenvalue weighted by Gasteiger charge is 2.35. The van der Waals surface area contributed by atoms with Crippen LogP contribution in [0.2, 0.25) is 0 Å². The van der Waals surface area contributed by atoms with Gasteiger partial charge in [-0.1, -0.05) is 47.2 Å². The Kier molecular flexibility index (Phi) is 7.87. The van der Waals surface area contributed by atoms with Crippen LogP contribution in [0.1, 0.15) is 61.8 Å². The number of rotatable bonds is 7. The molecule has 0 saturated heterocycles. The van der Waals surface area contributed by atoms with Gasteiger partial charge >= 0.3 is 5.97 Å². The van der Waals surface area contributed by atoms with Gasteiger partial charge in [0.25, 0.3) is 5.56 Å². The standard InChI is InChI=1S/C33H35N3O4S/c1-8-39-32(38)29-22(6)34-33-36(30(29)26-11-9-10-12-27(26)40-19(2)3)31(37)28(41-33)18-24-17-21(5)35(23(24)7)25-15-13-20(4)14-16-25/h9-19,30H,8H2,1-7H3/b28-18-/t30-/m0/s1. The van der Waals surface area contributed by atoms with Gasteiger partial charge in [0.2, 0.25) is 0 Å². The van der Waals surface area contributed by atoms with E-state index < -0.39 is 12.0 Å². The van der Waals surface area contributed by atoms with E-state index in [0.29, 0.717) is 31.9 Å². The maximum Gasteiger partial charge on any atom is 0.338 e. The lowest BCUT2D eigenvalue weighted by Gasteiger charge is -2.26. The molecule has 4 aromatic rings. The number of carbonyl (C=O) groups excluding carboxylic acids is 1. The van der Waals surface area contributed by atoms with Crippen molar-refractivity contribution in [2.45, 2.75) is 60.6 Å². The Morgan fingerprint density at radius 1 is 1.07 bits per heavy atom. The number of benzene rings is 2.